The molecule has 0 bridgehead atoms. The van der Waals surface area contributed by atoms with Crippen molar-refractivity contribution < 1.29 is 8.42 Å². The molecule has 5 nitrogen and oxygen atoms in total. The molecular formula is C15H19N3O2S. The lowest BCUT2D eigenvalue weighted by Gasteiger charge is -2.16. The van der Waals surface area contributed by atoms with Crippen molar-refractivity contribution in [2.75, 3.05) is 5.73 Å². The number of benzene rings is 1. The minimum Gasteiger partial charge on any atom is -0.399 e. The number of nitrogens with two attached hydrogens (primary N) is 1. The molecule has 6 heteroatoms. The summed E-state index contributed by atoms with van der Waals surface area (Å²) in [5.41, 5.74) is 8.41. The first-order chi connectivity index (χ1) is 9.81. The third-order valence-electron chi connectivity index (χ3n) is 3.39. The van der Waals surface area contributed by atoms with Crippen LogP contribution >= 0.6 is 0 Å². The van der Waals surface area contributed by atoms with Gasteiger partial charge in [-0.05, 0) is 56.2 Å². The van der Waals surface area contributed by atoms with Crippen molar-refractivity contribution in [3.05, 3.63) is 53.3 Å². The molecular weight excluding hydrogens is 286 g/mol. The van der Waals surface area contributed by atoms with Crippen LogP contribution in [-0.4, -0.2) is 13.4 Å². The SMILES string of the molecule is Cc1cc(N)cc(S(=O)(=O)NC(C)c2ccccn2)c1C. The average Bonchev–Trinajstić information content (AvgIpc) is 2.43. The molecule has 0 amide bonds. The minimum atomic E-state index is -3.65. The van der Waals surface area contributed by atoms with E-state index in [1.54, 1.807) is 38.2 Å². The number of rotatable bonds is 4. The van der Waals surface area contributed by atoms with Crippen LogP contribution in [-0.2, 0) is 10.0 Å². The highest BCUT2D eigenvalue weighted by Crippen LogP contribution is 2.23. The third kappa shape index (κ3) is 3.40. The molecule has 2 aromatic rings. The van der Waals surface area contributed by atoms with E-state index in [9.17, 15) is 8.42 Å². The number of anilines is 1. The highest BCUT2D eigenvalue weighted by Gasteiger charge is 2.22. The molecule has 1 heterocycles. The van der Waals surface area contributed by atoms with Gasteiger partial charge in [-0.1, -0.05) is 6.07 Å². The Morgan fingerprint density at radius 1 is 1.24 bits per heavy atom. The fourth-order valence-corrected chi connectivity index (χ4v) is 3.69. The molecule has 1 atom stereocenters. The van der Waals surface area contributed by atoms with Crippen LogP contribution in [0, 0.1) is 13.8 Å². The molecule has 0 aliphatic heterocycles. The highest BCUT2D eigenvalue weighted by atomic mass is 32.2. The van der Waals surface area contributed by atoms with Crippen LogP contribution in [0.15, 0.2) is 41.4 Å². The van der Waals surface area contributed by atoms with E-state index >= 15 is 0 Å². The lowest BCUT2D eigenvalue weighted by molar-refractivity contribution is 0.563. The Hall–Kier alpha value is -1.92. The number of nitrogen functional groups attached to an aromatic ring is 1. The molecule has 3 N–H and O–H groups in total. The number of hydrogen-bond donors (Lipinski definition) is 2. The molecule has 0 aliphatic rings. The number of nitrogens with one attached hydrogen (secondary N) is 1. The van der Waals surface area contributed by atoms with Crippen molar-refractivity contribution in [1.29, 1.82) is 0 Å². The number of aromatic nitrogens is 1. The van der Waals surface area contributed by atoms with Gasteiger partial charge in [-0.25, -0.2) is 13.1 Å². The zero-order chi connectivity index (χ0) is 15.6. The number of pyridine rings is 1. The number of sulfonamides is 1. The summed E-state index contributed by atoms with van der Waals surface area (Å²) < 4.78 is 27.7. The zero-order valence-electron chi connectivity index (χ0n) is 12.3. The van der Waals surface area contributed by atoms with E-state index in [0.29, 0.717) is 16.9 Å². The van der Waals surface area contributed by atoms with E-state index in [1.165, 1.54) is 6.07 Å². The van der Waals surface area contributed by atoms with Gasteiger partial charge in [0.25, 0.3) is 0 Å². The first-order valence-electron chi connectivity index (χ1n) is 6.61. The molecule has 1 unspecified atom stereocenters. The van der Waals surface area contributed by atoms with Crippen molar-refractivity contribution in [2.45, 2.75) is 31.7 Å². The van der Waals surface area contributed by atoms with Gasteiger partial charge >= 0.3 is 0 Å². The van der Waals surface area contributed by atoms with Crippen LogP contribution in [0.5, 0.6) is 0 Å². The Kier molecular flexibility index (Phi) is 4.29. The number of nitrogens with zero attached hydrogens (tertiary/aromatic N) is 1. The van der Waals surface area contributed by atoms with Crippen LogP contribution in [0.1, 0.15) is 29.8 Å². The van der Waals surface area contributed by atoms with Crippen LogP contribution in [0.3, 0.4) is 0 Å². The van der Waals surface area contributed by atoms with Gasteiger partial charge in [-0.15, -0.1) is 0 Å². The second-order valence-electron chi connectivity index (χ2n) is 5.06. The Balaban J connectivity index is 2.35. The topological polar surface area (TPSA) is 85.1 Å². The second-order valence-corrected chi connectivity index (χ2v) is 6.74. The Labute approximate surface area is 125 Å². The fourth-order valence-electron chi connectivity index (χ4n) is 2.12. The van der Waals surface area contributed by atoms with Crippen molar-refractivity contribution >= 4 is 15.7 Å². The van der Waals surface area contributed by atoms with Crippen LogP contribution in [0.2, 0.25) is 0 Å². The molecule has 112 valence electrons. The van der Waals surface area contributed by atoms with Gasteiger partial charge in [0.2, 0.25) is 10.0 Å². The maximum atomic E-state index is 12.5. The highest BCUT2D eigenvalue weighted by molar-refractivity contribution is 7.89. The predicted molar refractivity (Wildman–Crippen MR) is 83.3 cm³/mol. The van der Waals surface area contributed by atoms with Crippen molar-refractivity contribution in [1.82, 2.24) is 9.71 Å². The fraction of sp³-hybridized carbons (Fsp3) is 0.267. The monoisotopic (exact) mass is 305 g/mol. The maximum absolute atomic E-state index is 12.5. The van der Waals surface area contributed by atoms with Gasteiger partial charge in [0.15, 0.2) is 0 Å². The normalized spacial score (nSPS) is 13.1. The predicted octanol–water partition coefficient (Wildman–Crippen LogP) is 2.32. The Bertz CT molecular complexity index is 743. The largest absolute Gasteiger partial charge is 0.399 e. The zero-order valence-corrected chi connectivity index (χ0v) is 13.1. The molecule has 2 rings (SSSR count). The molecule has 0 saturated heterocycles. The van der Waals surface area contributed by atoms with Crippen LogP contribution in [0.4, 0.5) is 5.69 Å². The van der Waals surface area contributed by atoms with Crippen LogP contribution in [0.25, 0.3) is 0 Å². The van der Waals surface area contributed by atoms with Crippen LogP contribution < -0.4 is 10.5 Å². The molecule has 1 aromatic heterocycles. The van der Waals surface area contributed by atoms with Gasteiger partial charge in [-0.3, -0.25) is 4.98 Å². The van der Waals surface area contributed by atoms with Crippen molar-refractivity contribution in [3.63, 3.8) is 0 Å². The molecule has 0 spiro atoms. The number of aryl methyl sites for hydroxylation is 1. The summed E-state index contributed by atoms with van der Waals surface area (Å²) in [4.78, 5) is 4.37. The molecule has 0 saturated carbocycles. The summed E-state index contributed by atoms with van der Waals surface area (Å²) in [6.07, 6.45) is 1.63. The van der Waals surface area contributed by atoms with Gasteiger partial charge in [0.05, 0.1) is 16.6 Å². The van der Waals surface area contributed by atoms with E-state index in [2.05, 4.69) is 9.71 Å². The summed E-state index contributed by atoms with van der Waals surface area (Å²) >= 11 is 0. The lowest BCUT2D eigenvalue weighted by Crippen LogP contribution is -2.28. The Morgan fingerprint density at radius 3 is 2.57 bits per heavy atom. The maximum Gasteiger partial charge on any atom is 0.241 e. The quantitative estimate of drug-likeness (QED) is 0.849. The first-order valence-corrected chi connectivity index (χ1v) is 8.09. The third-order valence-corrected chi connectivity index (χ3v) is 5.06. The minimum absolute atomic E-state index is 0.211. The van der Waals surface area contributed by atoms with E-state index in [-0.39, 0.29) is 4.90 Å². The van der Waals surface area contributed by atoms with Gasteiger partial charge in [-0.2, -0.15) is 0 Å². The van der Waals surface area contributed by atoms with Crippen molar-refractivity contribution in [2.24, 2.45) is 0 Å². The smallest absolute Gasteiger partial charge is 0.241 e. The first kappa shape index (κ1) is 15.5. The Morgan fingerprint density at radius 2 is 1.95 bits per heavy atom. The van der Waals surface area contributed by atoms with E-state index < -0.39 is 16.1 Å². The standard InChI is InChI=1S/C15H19N3O2S/c1-10-8-13(16)9-15(11(10)2)21(19,20)18-12(3)14-6-4-5-7-17-14/h4-9,12,18H,16H2,1-3H3. The summed E-state index contributed by atoms with van der Waals surface area (Å²) in [6, 6.07) is 8.22. The second kappa shape index (κ2) is 5.83. The molecule has 0 radical (unpaired) electrons. The number of hydrogen-bond acceptors (Lipinski definition) is 4. The summed E-state index contributed by atoms with van der Waals surface area (Å²) in [5.74, 6) is 0. The van der Waals surface area contributed by atoms with Gasteiger partial charge in [0, 0.05) is 11.9 Å². The molecule has 1 aromatic carbocycles. The summed E-state index contributed by atoms with van der Waals surface area (Å²) in [5, 5.41) is 0. The lowest BCUT2D eigenvalue weighted by atomic mass is 10.1. The average molecular weight is 305 g/mol. The summed E-state index contributed by atoms with van der Waals surface area (Å²) in [7, 11) is -3.65. The van der Waals surface area contributed by atoms with Gasteiger partial charge < -0.3 is 5.73 Å². The molecule has 21 heavy (non-hydrogen) atoms. The van der Waals surface area contributed by atoms with Gasteiger partial charge in [0.1, 0.15) is 0 Å². The summed E-state index contributed by atoms with van der Waals surface area (Å²) in [6.45, 7) is 5.37. The van der Waals surface area contributed by atoms with Crippen molar-refractivity contribution in [3.8, 4) is 0 Å². The van der Waals surface area contributed by atoms with E-state index in [4.69, 9.17) is 5.73 Å². The molecule has 0 fully saturated rings. The van der Waals surface area contributed by atoms with E-state index in [0.717, 1.165) is 5.56 Å². The van der Waals surface area contributed by atoms with E-state index in [1.807, 2.05) is 13.0 Å². The molecule has 0 aliphatic carbocycles.